The van der Waals surface area contributed by atoms with Gasteiger partial charge in [0.05, 0.1) is 22.7 Å². The van der Waals surface area contributed by atoms with Gasteiger partial charge in [-0.1, -0.05) is 12.1 Å². The van der Waals surface area contributed by atoms with E-state index in [0.29, 0.717) is 16.9 Å². The van der Waals surface area contributed by atoms with Crippen LogP contribution in [0, 0.1) is 6.92 Å². The van der Waals surface area contributed by atoms with Crippen LogP contribution in [0.4, 0.5) is 5.69 Å². The number of aryl methyl sites for hydroxylation is 2. The molecule has 1 heterocycles. The van der Waals surface area contributed by atoms with Gasteiger partial charge in [-0.15, -0.1) is 0 Å². The molecule has 0 radical (unpaired) electrons. The zero-order chi connectivity index (χ0) is 15.6. The van der Waals surface area contributed by atoms with E-state index in [1.54, 1.807) is 26.2 Å². The molecule has 0 aliphatic rings. The number of nitrogens with zero attached hydrogens (tertiary/aromatic N) is 2. The Bertz CT molecular complexity index is 780. The van der Waals surface area contributed by atoms with Gasteiger partial charge in [-0.3, -0.25) is 9.40 Å². The van der Waals surface area contributed by atoms with E-state index in [1.165, 1.54) is 22.9 Å². The minimum atomic E-state index is -3.64. The summed E-state index contributed by atoms with van der Waals surface area (Å²) in [7, 11) is -1.94. The first-order valence-corrected chi connectivity index (χ1v) is 7.75. The highest BCUT2D eigenvalue weighted by molar-refractivity contribution is 7.91. The van der Waals surface area contributed by atoms with E-state index < -0.39 is 16.0 Å². The lowest BCUT2D eigenvalue weighted by atomic mass is 10.1. The van der Waals surface area contributed by atoms with Crippen molar-refractivity contribution in [3.63, 3.8) is 0 Å². The highest BCUT2D eigenvalue weighted by atomic mass is 32.2. The summed E-state index contributed by atoms with van der Waals surface area (Å²) in [5, 5.41) is 13.0. The highest BCUT2D eigenvalue weighted by Gasteiger charge is 2.15. The molecule has 0 amide bonds. The van der Waals surface area contributed by atoms with Gasteiger partial charge in [0.1, 0.15) is 0 Å². The number of anilines is 1. The van der Waals surface area contributed by atoms with E-state index in [1.807, 2.05) is 0 Å². The number of carbonyl (C=O) groups is 1. The van der Waals surface area contributed by atoms with Crippen LogP contribution < -0.4 is 4.72 Å². The third-order valence-electron chi connectivity index (χ3n) is 2.81. The summed E-state index contributed by atoms with van der Waals surface area (Å²) in [6.07, 6.45) is 1.57. The largest absolute Gasteiger partial charge is 0.478 e. The van der Waals surface area contributed by atoms with E-state index in [-0.39, 0.29) is 11.3 Å². The summed E-state index contributed by atoms with van der Waals surface area (Å²) in [6, 6.07) is 5.85. The lowest BCUT2D eigenvalue weighted by Crippen LogP contribution is -2.15. The molecule has 1 aromatic carbocycles. The van der Waals surface area contributed by atoms with Gasteiger partial charge in [-0.25, -0.2) is 13.2 Å². The number of benzene rings is 1. The molecule has 2 N–H and O–H groups in total. The monoisotopic (exact) mass is 309 g/mol. The maximum Gasteiger partial charge on any atom is 0.335 e. The molecule has 2 aromatic rings. The van der Waals surface area contributed by atoms with Crippen LogP contribution in [0.15, 0.2) is 30.5 Å². The lowest BCUT2D eigenvalue weighted by molar-refractivity contribution is 0.0696. The van der Waals surface area contributed by atoms with Crippen molar-refractivity contribution in [3.8, 4) is 0 Å². The van der Waals surface area contributed by atoms with Crippen molar-refractivity contribution in [1.29, 1.82) is 0 Å². The molecular weight excluding hydrogens is 294 g/mol. The summed E-state index contributed by atoms with van der Waals surface area (Å²) >= 11 is 0. The molecule has 1 aromatic heterocycles. The minimum Gasteiger partial charge on any atom is -0.478 e. The Labute approximate surface area is 122 Å². The second-order valence-corrected chi connectivity index (χ2v) is 6.39. The third-order valence-corrected chi connectivity index (χ3v) is 4.05. The molecule has 7 nitrogen and oxygen atoms in total. The molecule has 21 heavy (non-hydrogen) atoms. The first-order valence-electron chi connectivity index (χ1n) is 6.10. The molecule has 0 fully saturated rings. The van der Waals surface area contributed by atoms with E-state index >= 15 is 0 Å². The molecular formula is C13H15N3O4S. The fourth-order valence-electron chi connectivity index (χ4n) is 1.92. The SMILES string of the molecule is Cc1nn(C)cc1NS(=O)(=O)Cc1cccc(C(=O)O)c1. The molecule has 0 saturated heterocycles. The Morgan fingerprint density at radius 2 is 2.14 bits per heavy atom. The van der Waals surface area contributed by atoms with Crippen LogP contribution in [0.5, 0.6) is 0 Å². The number of sulfonamides is 1. The number of hydrogen-bond donors (Lipinski definition) is 2. The summed E-state index contributed by atoms with van der Waals surface area (Å²) in [4.78, 5) is 10.9. The first-order chi connectivity index (χ1) is 9.77. The molecule has 0 spiro atoms. The number of hydrogen-bond acceptors (Lipinski definition) is 4. The van der Waals surface area contributed by atoms with Crippen molar-refractivity contribution in [2.24, 2.45) is 7.05 Å². The van der Waals surface area contributed by atoms with Gasteiger partial charge in [0.25, 0.3) is 0 Å². The van der Waals surface area contributed by atoms with Gasteiger partial charge >= 0.3 is 5.97 Å². The standard InChI is InChI=1S/C13H15N3O4S/c1-9-12(7-16(2)14-9)15-21(19,20)8-10-4-3-5-11(6-10)13(17)18/h3-7,15H,8H2,1-2H3,(H,17,18). The molecule has 0 bridgehead atoms. The Balaban J connectivity index is 2.19. The molecule has 8 heteroatoms. The average molecular weight is 309 g/mol. The third kappa shape index (κ3) is 3.82. The predicted molar refractivity (Wildman–Crippen MR) is 77.6 cm³/mol. The van der Waals surface area contributed by atoms with E-state index in [4.69, 9.17) is 5.11 Å². The molecule has 2 rings (SSSR count). The fraction of sp³-hybridized carbons (Fsp3) is 0.231. The molecule has 0 unspecified atom stereocenters. The van der Waals surface area contributed by atoms with E-state index in [9.17, 15) is 13.2 Å². The van der Waals surface area contributed by atoms with Gasteiger partial charge in [0.2, 0.25) is 10.0 Å². The van der Waals surface area contributed by atoms with E-state index in [2.05, 4.69) is 9.82 Å². The maximum absolute atomic E-state index is 12.1. The van der Waals surface area contributed by atoms with E-state index in [0.717, 1.165) is 0 Å². The van der Waals surface area contributed by atoms with Crippen molar-refractivity contribution < 1.29 is 18.3 Å². The molecule has 0 aliphatic heterocycles. The van der Waals surface area contributed by atoms with Gasteiger partial charge in [-0.2, -0.15) is 5.10 Å². The maximum atomic E-state index is 12.1. The molecule has 112 valence electrons. The summed E-state index contributed by atoms with van der Waals surface area (Å²) < 4.78 is 28.2. The van der Waals surface area contributed by atoms with Crippen molar-refractivity contribution >= 4 is 21.7 Å². The topological polar surface area (TPSA) is 101 Å². The Kier molecular flexibility index (Phi) is 3.99. The molecule has 0 atom stereocenters. The fourth-order valence-corrected chi connectivity index (χ4v) is 3.14. The van der Waals surface area contributed by atoms with Crippen molar-refractivity contribution in [3.05, 3.63) is 47.3 Å². The van der Waals surface area contributed by atoms with Gasteiger partial charge < -0.3 is 5.11 Å². The number of carboxylic acids is 1. The van der Waals surface area contributed by atoms with Crippen molar-refractivity contribution in [1.82, 2.24) is 9.78 Å². The summed E-state index contributed by atoms with van der Waals surface area (Å²) in [6.45, 7) is 1.70. The molecule has 0 saturated carbocycles. The van der Waals surface area contributed by atoms with Gasteiger partial charge in [-0.05, 0) is 24.6 Å². The average Bonchev–Trinajstić information content (AvgIpc) is 2.66. The number of aromatic nitrogens is 2. The van der Waals surface area contributed by atoms with Gasteiger partial charge in [0.15, 0.2) is 0 Å². The summed E-state index contributed by atoms with van der Waals surface area (Å²) in [5.74, 6) is -1.40. The Hall–Kier alpha value is -2.35. The van der Waals surface area contributed by atoms with Crippen LogP contribution in [0.1, 0.15) is 21.6 Å². The van der Waals surface area contributed by atoms with Crippen LogP contribution in [-0.4, -0.2) is 29.3 Å². The van der Waals surface area contributed by atoms with Crippen LogP contribution in [0.2, 0.25) is 0 Å². The molecule has 0 aliphatic carbocycles. The van der Waals surface area contributed by atoms with Crippen molar-refractivity contribution in [2.75, 3.05) is 4.72 Å². The first kappa shape index (κ1) is 15.0. The summed E-state index contributed by atoms with van der Waals surface area (Å²) in [5.41, 5.74) is 1.44. The smallest absolute Gasteiger partial charge is 0.335 e. The normalized spacial score (nSPS) is 11.3. The number of nitrogens with one attached hydrogen (secondary N) is 1. The lowest BCUT2D eigenvalue weighted by Gasteiger charge is -2.07. The van der Waals surface area contributed by atoms with Crippen molar-refractivity contribution in [2.45, 2.75) is 12.7 Å². The Morgan fingerprint density at radius 3 is 2.71 bits per heavy atom. The zero-order valence-corrected chi connectivity index (χ0v) is 12.4. The number of aromatic carboxylic acids is 1. The predicted octanol–water partition coefficient (Wildman–Crippen LogP) is 1.37. The van der Waals surface area contributed by atoms with Crippen LogP contribution in [-0.2, 0) is 22.8 Å². The van der Waals surface area contributed by atoms with Crippen LogP contribution in [0.3, 0.4) is 0 Å². The number of carboxylic acid groups (broad SMARTS) is 1. The zero-order valence-electron chi connectivity index (χ0n) is 11.6. The van der Waals surface area contributed by atoms with Crippen LogP contribution >= 0.6 is 0 Å². The van der Waals surface area contributed by atoms with Gasteiger partial charge in [0, 0.05) is 13.2 Å². The second kappa shape index (κ2) is 5.57. The second-order valence-electron chi connectivity index (χ2n) is 4.67. The quantitative estimate of drug-likeness (QED) is 0.868. The number of rotatable bonds is 5. The highest BCUT2D eigenvalue weighted by Crippen LogP contribution is 2.16. The Morgan fingerprint density at radius 1 is 1.43 bits per heavy atom. The van der Waals surface area contributed by atoms with Crippen LogP contribution in [0.25, 0.3) is 0 Å². The minimum absolute atomic E-state index is 0.0558.